The van der Waals surface area contributed by atoms with Crippen LogP contribution in [0.5, 0.6) is 0 Å². The van der Waals surface area contributed by atoms with Gasteiger partial charge in [-0.3, -0.25) is 0 Å². The Bertz CT molecular complexity index is 1140. The molecule has 0 bridgehead atoms. The fourth-order valence-electron chi connectivity index (χ4n) is 3.55. The Hall–Kier alpha value is -2.16. The average Bonchev–Trinajstić information content (AvgIpc) is 3.15. The van der Waals surface area contributed by atoms with Crippen molar-refractivity contribution in [1.29, 1.82) is 0 Å². The highest BCUT2D eigenvalue weighted by Crippen LogP contribution is 2.27. The van der Waals surface area contributed by atoms with Gasteiger partial charge >= 0.3 is 0 Å². The number of nitrogens with zero attached hydrogens (tertiary/aromatic N) is 3. The second kappa shape index (κ2) is 6.19. The van der Waals surface area contributed by atoms with Gasteiger partial charge in [0.05, 0.1) is 18.7 Å². The van der Waals surface area contributed by atoms with Gasteiger partial charge < -0.3 is 10.1 Å². The molecule has 5 rings (SSSR count). The standard InChI is InChI=1S/C18H17ClN4O3S/c19-14-2-1-11-4-15(5-12(11)3-14)21-18-20-6-13-7-23(8-17(13)22-18)27(24,25)16-9-26-10-16/h1-3,6-8,15-16H,4-5,9-10H2,(H,21,22)/t15-/m1/s1. The summed E-state index contributed by atoms with van der Waals surface area (Å²) < 4.78 is 31.3. The summed E-state index contributed by atoms with van der Waals surface area (Å²) in [6, 6.07) is 6.15. The van der Waals surface area contributed by atoms with E-state index in [0.717, 1.165) is 17.9 Å². The molecular formula is C18H17ClN4O3S. The van der Waals surface area contributed by atoms with Crippen LogP contribution in [-0.4, -0.2) is 46.9 Å². The molecule has 3 heterocycles. The summed E-state index contributed by atoms with van der Waals surface area (Å²) in [5.41, 5.74) is 3.11. The monoisotopic (exact) mass is 404 g/mol. The third-order valence-electron chi connectivity index (χ3n) is 5.12. The lowest BCUT2D eigenvalue weighted by molar-refractivity contribution is 0.0412. The summed E-state index contributed by atoms with van der Waals surface area (Å²) in [5, 5.41) is 4.28. The first-order valence-corrected chi connectivity index (χ1v) is 10.6. The second-order valence-corrected chi connectivity index (χ2v) is 9.54. The number of ether oxygens (including phenoxy) is 1. The minimum Gasteiger partial charge on any atom is -0.378 e. The summed E-state index contributed by atoms with van der Waals surface area (Å²) in [7, 11) is -3.45. The number of hydrogen-bond donors (Lipinski definition) is 1. The van der Waals surface area contributed by atoms with Gasteiger partial charge in [0.1, 0.15) is 5.25 Å². The molecule has 1 aliphatic carbocycles. The smallest absolute Gasteiger partial charge is 0.245 e. The van der Waals surface area contributed by atoms with Crippen LogP contribution in [0.3, 0.4) is 0 Å². The topological polar surface area (TPSA) is 86.1 Å². The molecule has 1 N–H and O–H groups in total. The zero-order valence-electron chi connectivity index (χ0n) is 14.3. The molecule has 0 amide bonds. The van der Waals surface area contributed by atoms with Crippen LogP contribution in [0.4, 0.5) is 5.95 Å². The maximum absolute atomic E-state index is 12.5. The van der Waals surface area contributed by atoms with Crippen molar-refractivity contribution in [2.75, 3.05) is 18.5 Å². The largest absolute Gasteiger partial charge is 0.378 e. The second-order valence-electron chi connectivity index (χ2n) is 6.99. The first-order chi connectivity index (χ1) is 13.0. The van der Waals surface area contributed by atoms with E-state index in [1.807, 2.05) is 12.1 Å². The van der Waals surface area contributed by atoms with Crippen molar-refractivity contribution < 1.29 is 13.2 Å². The van der Waals surface area contributed by atoms with Gasteiger partial charge in [0.2, 0.25) is 16.0 Å². The van der Waals surface area contributed by atoms with Crippen molar-refractivity contribution in [3.63, 3.8) is 0 Å². The van der Waals surface area contributed by atoms with E-state index >= 15 is 0 Å². The van der Waals surface area contributed by atoms with Gasteiger partial charge in [-0.2, -0.15) is 0 Å². The molecule has 140 valence electrons. The Kier molecular flexibility index (Phi) is 3.89. The number of fused-ring (bicyclic) bond motifs is 2. The number of hydrogen-bond acceptors (Lipinski definition) is 6. The number of benzene rings is 1. The number of anilines is 1. The molecule has 1 aromatic carbocycles. The number of nitrogens with one attached hydrogen (secondary N) is 1. The van der Waals surface area contributed by atoms with Crippen molar-refractivity contribution >= 4 is 38.5 Å². The zero-order valence-corrected chi connectivity index (χ0v) is 15.9. The van der Waals surface area contributed by atoms with Crippen molar-refractivity contribution in [3.8, 4) is 0 Å². The zero-order chi connectivity index (χ0) is 18.6. The molecule has 1 fully saturated rings. The third-order valence-corrected chi connectivity index (χ3v) is 7.27. The molecule has 27 heavy (non-hydrogen) atoms. The predicted molar refractivity (Wildman–Crippen MR) is 103 cm³/mol. The lowest BCUT2D eigenvalue weighted by atomic mass is 10.1. The van der Waals surface area contributed by atoms with Crippen LogP contribution in [-0.2, 0) is 27.6 Å². The Morgan fingerprint density at radius 1 is 1.19 bits per heavy atom. The Morgan fingerprint density at radius 2 is 2.00 bits per heavy atom. The van der Waals surface area contributed by atoms with Gasteiger partial charge in [-0.15, -0.1) is 0 Å². The molecule has 2 aliphatic rings. The lowest BCUT2D eigenvalue weighted by Crippen LogP contribution is -2.43. The van der Waals surface area contributed by atoms with Gasteiger partial charge in [-0.1, -0.05) is 17.7 Å². The van der Waals surface area contributed by atoms with Crippen LogP contribution in [0.1, 0.15) is 11.1 Å². The average molecular weight is 405 g/mol. The highest BCUT2D eigenvalue weighted by Gasteiger charge is 2.34. The van der Waals surface area contributed by atoms with E-state index in [9.17, 15) is 8.42 Å². The number of halogens is 1. The van der Waals surface area contributed by atoms with E-state index in [1.165, 1.54) is 15.1 Å². The van der Waals surface area contributed by atoms with E-state index in [2.05, 4.69) is 21.4 Å². The molecule has 0 saturated carbocycles. The van der Waals surface area contributed by atoms with Crippen LogP contribution in [0.25, 0.3) is 10.9 Å². The Balaban J connectivity index is 1.38. The predicted octanol–water partition coefficient (Wildman–Crippen LogP) is 2.24. The maximum atomic E-state index is 12.5. The molecule has 1 saturated heterocycles. The fourth-order valence-corrected chi connectivity index (χ4v) is 5.13. The van der Waals surface area contributed by atoms with E-state index in [4.69, 9.17) is 16.3 Å². The summed E-state index contributed by atoms with van der Waals surface area (Å²) >= 11 is 6.07. The normalized spacial score (nSPS) is 19.8. The summed E-state index contributed by atoms with van der Waals surface area (Å²) in [5.74, 6) is 0.494. The van der Waals surface area contributed by atoms with Crippen LogP contribution in [0, 0.1) is 0 Å². The van der Waals surface area contributed by atoms with Crippen LogP contribution in [0.2, 0.25) is 5.02 Å². The minimum absolute atomic E-state index is 0.189. The number of rotatable bonds is 4. The quantitative estimate of drug-likeness (QED) is 0.717. The lowest BCUT2D eigenvalue weighted by Gasteiger charge is -2.25. The molecule has 0 radical (unpaired) electrons. The molecule has 9 heteroatoms. The van der Waals surface area contributed by atoms with E-state index < -0.39 is 15.3 Å². The first kappa shape index (κ1) is 17.0. The van der Waals surface area contributed by atoms with Crippen LogP contribution in [0.15, 0.2) is 36.8 Å². The minimum atomic E-state index is -3.45. The molecule has 7 nitrogen and oxygen atoms in total. The summed E-state index contributed by atoms with van der Waals surface area (Å²) in [6.07, 6.45) is 6.48. The van der Waals surface area contributed by atoms with Gasteiger partial charge in [0.15, 0.2) is 0 Å². The first-order valence-electron chi connectivity index (χ1n) is 8.70. The van der Waals surface area contributed by atoms with Gasteiger partial charge in [0, 0.05) is 35.0 Å². The fraction of sp³-hybridized carbons (Fsp3) is 0.333. The summed E-state index contributed by atoms with van der Waals surface area (Å²) in [6.45, 7) is 0.475. The van der Waals surface area contributed by atoms with Gasteiger partial charge in [-0.05, 0) is 36.1 Å². The molecule has 3 aromatic rings. The van der Waals surface area contributed by atoms with Crippen molar-refractivity contribution in [2.45, 2.75) is 24.1 Å². The van der Waals surface area contributed by atoms with E-state index in [1.54, 1.807) is 18.6 Å². The third kappa shape index (κ3) is 2.97. The van der Waals surface area contributed by atoms with Crippen LogP contribution >= 0.6 is 11.6 Å². The molecule has 2 aromatic heterocycles. The Labute approximate surface area is 161 Å². The Morgan fingerprint density at radius 3 is 2.78 bits per heavy atom. The van der Waals surface area contributed by atoms with Gasteiger partial charge in [0.25, 0.3) is 0 Å². The molecule has 0 spiro atoms. The molecule has 1 atom stereocenters. The summed E-state index contributed by atoms with van der Waals surface area (Å²) in [4.78, 5) is 8.84. The molecular weight excluding hydrogens is 388 g/mol. The van der Waals surface area contributed by atoms with Crippen LogP contribution < -0.4 is 5.32 Å². The van der Waals surface area contributed by atoms with E-state index in [-0.39, 0.29) is 19.3 Å². The number of aromatic nitrogens is 3. The molecule has 1 aliphatic heterocycles. The maximum Gasteiger partial charge on any atom is 0.245 e. The highest BCUT2D eigenvalue weighted by molar-refractivity contribution is 7.90. The van der Waals surface area contributed by atoms with Crippen molar-refractivity contribution in [3.05, 3.63) is 52.9 Å². The van der Waals surface area contributed by atoms with Gasteiger partial charge in [-0.25, -0.2) is 22.4 Å². The van der Waals surface area contributed by atoms with Crippen molar-refractivity contribution in [2.24, 2.45) is 0 Å². The van der Waals surface area contributed by atoms with E-state index in [0.29, 0.717) is 16.9 Å². The van der Waals surface area contributed by atoms with Crippen molar-refractivity contribution in [1.82, 2.24) is 13.9 Å². The molecule has 0 unspecified atom stereocenters. The SMILES string of the molecule is O=S(=O)(C1COC1)n1cc2cnc(N[C@@H]3Cc4ccc(Cl)cc4C3)nc2c1. The highest BCUT2D eigenvalue weighted by atomic mass is 35.5.